The Morgan fingerprint density at radius 3 is 2.87 bits per heavy atom. The molecule has 2 rings (SSSR count). The van der Waals surface area contributed by atoms with E-state index in [9.17, 15) is 5.11 Å². The van der Waals surface area contributed by atoms with E-state index in [0.29, 0.717) is 6.42 Å². The van der Waals surface area contributed by atoms with E-state index in [2.05, 4.69) is 4.98 Å². The number of hydrogen-bond donors (Lipinski definition) is 1. The molecule has 0 amide bonds. The number of aliphatic hydroxyl groups excluding tert-OH is 1. The van der Waals surface area contributed by atoms with Gasteiger partial charge in [0.05, 0.1) is 5.69 Å². The molecular weight excluding hydrogens is 206 g/mol. The lowest BCUT2D eigenvalue weighted by Gasteiger charge is -2.08. The molecule has 0 aliphatic rings. The molecule has 3 heteroatoms. The maximum Gasteiger partial charge on any atom is 0.101 e. The van der Waals surface area contributed by atoms with Gasteiger partial charge in [0.25, 0.3) is 0 Å². The van der Waals surface area contributed by atoms with Crippen molar-refractivity contribution in [2.45, 2.75) is 19.4 Å². The van der Waals surface area contributed by atoms with Crippen LogP contribution in [-0.2, 0) is 6.42 Å². The third kappa shape index (κ3) is 2.64. The first-order valence-corrected chi connectivity index (χ1v) is 5.76. The van der Waals surface area contributed by atoms with Gasteiger partial charge in [-0.1, -0.05) is 12.1 Å². The molecule has 2 heterocycles. The minimum atomic E-state index is -0.496. The van der Waals surface area contributed by atoms with E-state index in [1.165, 1.54) is 4.88 Å². The number of aliphatic hydroxyl groups is 1. The monoisotopic (exact) mass is 219 g/mol. The highest BCUT2D eigenvalue weighted by atomic mass is 32.1. The first-order valence-electron chi connectivity index (χ1n) is 4.89. The van der Waals surface area contributed by atoms with E-state index in [0.717, 1.165) is 11.3 Å². The number of aromatic nitrogens is 1. The Labute approximate surface area is 93.2 Å². The number of thiophene rings is 1. The zero-order chi connectivity index (χ0) is 10.7. The normalized spacial score (nSPS) is 12.7. The number of rotatable bonds is 3. The predicted molar refractivity (Wildman–Crippen MR) is 62.0 cm³/mol. The molecule has 0 aliphatic heterocycles. The summed E-state index contributed by atoms with van der Waals surface area (Å²) in [5, 5.41) is 11.9. The molecule has 0 saturated carbocycles. The zero-order valence-electron chi connectivity index (χ0n) is 8.55. The number of pyridine rings is 1. The Bertz CT molecular complexity index is 408. The lowest BCUT2D eigenvalue weighted by atomic mass is 10.1. The van der Waals surface area contributed by atoms with Gasteiger partial charge < -0.3 is 5.11 Å². The Balaban J connectivity index is 2.08. The SMILES string of the molecule is Cc1ccc(C(O)Cc2cccs2)nc1. The van der Waals surface area contributed by atoms with Crippen LogP contribution in [0.4, 0.5) is 0 Å². The van der Waals surface area contributed by atoms with Crippen molar-refractivity contribution in [2.24, 2.45) is 0 Å². The van der Waals surface area contributed by atoms with Crippen LogP contribution in [0.1, 0.15) is 22.2 Å². The van der Waals surface area contributed by atoms with Gasteiger partial charge in [0.1, 0.15) is 6.10 Å². The molecule has 0 spiro atoms. The molecule has 2 aromatic heterocycles. The topological polar surface area (TPSA) is 33.1 Å². The standard InChI is InChI=1S/C12H13NOS/c1-9-4-5-11(13-8-9)12(14)7-10-3-2-6-15-10/h2-6,8,12,14H,7H2,1H3. The van der Waals surface area contributed by atoms with Crippen molar-refractivity contribution >= 4 is 11.3 Å². The van der Waals surface area contributed by atoms with Gasteiger partial charge in [-0.15, -0.1) is 11.3 Å². The molecule has 2 nitrogen and oxygen atoms in total. The van der Waals surface area contributed by atoms with Gasteiger partial charge in [0.2, 0.25) is 0 Å². The number of aryl methyl sites for hydroxylation is 1. The molecule has 1 N–H and O–H groups in total. The highest BCUT2D eigenvalue weighted by Gasteiger charge is 2.09. The van der Waals surface area contributed by atoms with Gasteiger partial charge >= 0.3 is 0 Å². The fourth-order valence-corrected chi connectivity index (χ4v) is 2.14. The van der Waals surface area contributed by atoms with Gasteiger partial charge in [-0.05, 0) is 30.0 Å². The number of nitrogens with zero attached hydrogens (tertiary/aromatic N) is 1. The first-order chi connectivity index (χ1) is 7.25. The van der Waals surface area contributed by atoms with Crippen molar-refractivity contribution in [3.63, 3.8) is 0 Å². The molecule has 2 aromatic rings. The van der Waals surface area contributed by atoms with Crippen LogP contribution in [0.15, 0.2) is 35.8 Å². The lowest BCUT2D eigenvalue weighted by Crippen LogP contribution is -2.02. The molecular formula is C12H13NOS. The third-order valence-corrected chi connectivity index (χ3v) is 3.15. The van der Waals surface area contributed by atoms with E-state index in [4.69, 9.17) is 0 Å². The summed E-state index contributed by atoms with van der Waals surface area (Å²) in [5.74, 6) is 0. The van der Waals surface area contributed by atoms with Crippen molar-refractivity contribution in [3.8, 4) is 0 Å². The molecule has 0 aromatic carbocycles. The highest BCUT2D eigenvalue weighted by molar-refractivity contribution is 7.09. The largest absolute Gasteiger partial charge is 0.386 e. The summed E-state index contributed by atoms with van der Waals surface area (Å²) in [7, 11) is 0. The number of hydrogen-bond acceptors (Lipinski definition) is 3. The second-order valence-corrected chi connectivity index (χ2v) is 4.59. The molecule has 0 fully saturated rings. The summed E-state index contributed by atoms with van der Waals surface area (Å²) < 4.78 is 0. The highest BCUT2D eigenvalue weighted by Crippen LogP contribution is 2.19. The summed E-state index contributed by atoms with van der Waals surface area (Å²) in [4.78, 5) is 5.40. The minimum Gasteiger partial charge on any atom is -0.386 e. The van der Waals surface area contributed by atoms with Crippen molar-refractivity contribution in [1.29, 1.82) is 0 Å². The van der Waals surface area contributed by atoms with E-state index >= 15 is 0 Å². The quantitative estimate of drug-likeness (QED) is 0.861. The summed E-state index contributed by atoms with van der Waals surface area (Å²) in [6, 6.07) is 7.88. The van der Waals surface area contributed by atoms with E-state index in [1.807, 2.05) is 36.6 Å². The minimum absolute atomic E-state index is 0.496. The molecule has 1 atom stereocenters. The molecule has 15 heavy (non-hydrogen) atoms. The van der Waals surface area contributed by atoms with Gasteiger partial charge in [-0.3, -0.25) is 4.98 Å². The van der Waals surface area contributed by atoms with Crippen LogP contribution in [-0.4, -0.2) is 10.1 Å². The Morgan fingerprint density at radius 1 is 1.40 bits per heavy atom. The third-order valence-electron chi connectivity index (χ3n) is 2.25. The second-order valence-electron chi connectivity index (χ2n) is 3.56. The Morgan fingerprint density at radius 2 is 2.27 bits per heavy atom. The maximum atomic E-state index is 9.93. The van der Waals surface area contributed by atoms with Crippen LogP contribution in [0.3, 0.4) is 0 Å². The molecule has 0 bridgehead atoms. The summed E-state index contributed by atoms with van der Waals surface area (Å²) in [6.45, 7) is 1.99. The summed E-state index contributed by atoms with van der Waals surface area (Å²) in [5.41, 5.74) is 1.86. The van der Waals surface area contributed by atoms with Crippen LogP contribution in [0.5, 0.6) is 0 Å². The average molecular weight is 219 g/mol. The van der Waals surface area contributed by atoms with Crippen molar-refractivity contribution in [2.75, 3.05) is 0 Å². The van der Waals surface area contributed by atoms with Crippen LogP contribution >= 0.6 is 11.3 Å². The molecule has 1 unspecified atom stereocenters. The Kier molecular flexibility index (Phi) is 3.14. The zero-order valence-corrected chi connectivity index (χ0v) is 9.37. The van der Waals surface area contributed by atoms with Crippen molar-refractivity contribution in [1.82, 2.24) is 4.98 Å². The molecule has 78 valence electrons. The fourth-order valence-electron chi connectivity index (χ4n) is 1.40. The lowest BCUT2D eigenvalue weighted by molar-refractivity contribution is 0.174. The fraction of sp³-hybridized carbons (Fsp3) is 0.250. The van der Waals surface area contributed by atoms with Gasteiger partial charge in [0.15, 0.2) is 0 Å². The Hall–Kier alpha value is -1.19. The predicted octanol–water partition coefficient (Wildman–Crippen LogP) is 2.73. The van der Waals surface area contributed by atoms with Crippen LogP contribution in [0, 0.1) is 6.92 Å². The first kappa shape index (κ1) is 10.3. The van der Waals surface area contributed by atoms with Gasteiger partial charge in [0, 0.05) is 17.5 Å². The maximum absolute atomic E-state index is 9.93. The molecule has 0 aliphatic carbocycles. The summed E-state index contributed by atoms with van der Waals surface area (Å²) >= 11 is 1.66. The van der Waals surface area contributed by atoms with E-state index in [1.54, 1.807) is 17.5 Å². The van der Waals surface area contributed by atoms with Gasteiger partial charge in [-0.25, -0.2) is 0 Å². The van der Waals surface area contributed by atoms with E-state index < -0.39 is 6.10 Å². The second kappa shape index (κ2) is 4.55. The summed E-state index contributed by atoms with van der Waals surface area (Å²) in [6.07, 6.45) is 1.94. The van der Waals surface area contributed by atoms with Crippen LogP contribution in [0.2, 0.25) is 0 Å². The molecule has 0 radical (unpaired) electrons. The van der Waals surface area contributed by atoms with E-state index in [-0.39, 0.29) is 0 Å². The van der Waals surface area contributed by atoms with Crippen LogP contribution in [0.25, 0.3) is 0 Å². The molecule has 0 saturated heterocycles. The smallest absolute Gasteiger partial charge is 0.101 e. The van der Waals surface area contributed by atoms with Crippen molar-refractivity contribution in [3.05, 3.63) is 52.0 Å². The van der Waals surface area contributed by atoms with Gasteiger partial charge in [-0.2, -0.15) is 0 Å². The van der Waals surface area contributed by atoms with Crippen LogP contribution < -0.4 is 0 Å². The van der Waals surface area contributed by atoms with Crippen molar-refractivity contribution < 1.29 is 5.11 Å². The average Bonchev–Trinajstić information content (AvgIpc) is 2.71.